The largest absolute Gasteiger partial charge is 0.497 e. The van der Waals surface area contributed by atoms with E-state index in [1.54, 1.807) is 55.6 Å². The number of hydrogen-bond acceptors (Lipinski definition) is 7. The number of hydrazone groups is 1. The van der Waals surface area contributed by atoms with Crippen molar-refractivity contribution in [2.45, 2.75) is 26.2 Å². The summed E-state index contributed by atoms with van der Waals surface area (Å²) in [4.78, 5) is 25.7. The van der Waals surface area contributed by atoms with Gasteiger partial charge in [0.15, 0.2) is 5.76 Å². The van der Waals surface area contributed by atoms with Gasteiger partial charge in [0.25, 0.3) is 11.8 Å². The van der Waals surface area contributed by atoms with Crippen molar-refractivity contribution in [1.29, 1.82) is 0 Å². The van der Waals surface area contributed by atoms with Gasteiger partial charge in [-0.05, 0) is 80.4 Å². The second-order valence-electron chi connectivity index (χ2n) is 8.97. The Bertz CT molecular complexity index is 1540. The number of amides is 2. The Morgan fingerprint density at radius 2 is 1.54 bits per heavy atom. The molecular weight excluding hydrogens is 494 g/mol. The van der Waals surface area contributed by atoms with Gasteiger partial charge in [-0.25, -0.2) is 5.43 Å². The maximum absolute atomic E-state index is 13.1. The van der Waals surface area contributed by atoms with Crippen LogP contribution in [0.15, 0.2) is 98.6 Å². The first-order chi connectivity index (χ1) is 19.0. The van der Waals surface area contributed by atoms with Crippen LogP contribution >= 0.6 is 0 Å². The number of fused-ring (bicyclic) bond motifs is 1. The number of azo groups is 1. The second-order valence-corrected chi connectivity index (χ2v) is 8.97. The average molecular weight is 522 g/mol. The highest BCUT2D eigenvalue weighted by atomic mass is 16.5. The molecule has 9 nitrogen and oxygen atoms in total. The van der Waals surface area contributed by atoms with Crippen LogP contribution < -0.4 is 15.5 Å². The van der Waals surface area contributed by atoms with Gasteiger partial charge in [-0.1, -0.05) is 18.2 Å². The molecule has 9 heteroatoms. The number of nitrogens with zero attached hydrogens (tertiary/aromatic N) is 3. The van der Waals surface area contributed by atoms with Gasteiger partial charge < -0.3 is 14.5 Å². The molecule has 1 heterocycles. The van der Waals surface area contributed by atoms with Crippen LogP contribution in [0.5, 0.6) is 5.75 Å². The van der Waals surface area contributed by atoms with E-state index in [0.29, 0.717) is 52.6 Å². The summed E-state index contributed by atoms with van der Waals surface area (Å²) in [6.07, 6.45) is 2.16. The molecule has 5 rings (SSSR count). The minimum Gasteiger partial charge on any atom is -0.497 e. The van der Waals surface area contributed by atoms with Crippen molar-refractivity contribution < 1.29 is 18.7 Å². The van der Waals surface area contributed by atoms with Crippen LogP contribution in [0.2, 0.25) is 0 Å². The molecule has 4 aromatic rings. The van der Waals surface area contributed by atoms with E-state index < -0.39 is 0 Å². The Morgan fingerprint density at radius 1 is 0.846 bits per heavy atom. The van der Waals surface area contributed by atoms with Crippen molar-refractivity contribution in [2.75, 3.05) is 12.4 Å². The summed E-state index contributed by atoms with van der Waals surface area (Å²) in [5, 5.41) is 15.7. The number of anilines is 1. The standard InChI is InChI=1S/C30H27N5O4/c1-19-27-25(34-35-29(36)20-11-17-24(38-2)18-12-20)9-6-10-26(27)39-28(19)30(37)31-21-13-15-23(16-14-21)33-32-22-7-4-3-5-8-22/h3-5,7-8,11-18H,6,9-10H2,1-2H3,(H,31,37)(H,35,36). The minimum absolute atomic E-state index is 0.226. The summed E-state index contributed by atoms with van der Waals surface area (Å²) < 4.78 is 11.1. The number of hydrogen-bond donors (Lipinski definition) is 2. The number of carbonyl (C=O) groups is 2. The number of furan rings is 1. The molecule has 196 valence electrons. The lowest BCUT2D eigenvalue weighted by Gasteiger charge is -2.13. The lowest BCUT2D eigenvalue weighted by Crippen LogP contribution is -2.22. The van der Waals surface area contributed by atoms with Crippen molar-refractivity contribution in [3.05, 3.63) is 107 Å². The lowest BCUT2D eigenvalue weighted by molar-refractivity contribution is 0.0953. The molecule has 0 saturated carbocycles. The summed E-state index contributed by atoms with van der Waals surface area (Å²) in [6.45, 7) is 1.83. The number of nitrogens with one attached hydrogen (secondary N) is 2. The molecule has 39 heavy (non-hydrogen) atoms. The highest BCUT2D eigenvalue weighted by Gasteiger charge is 2.28. The summed E-state index contributed by atoms with van der Waals surface area (Å²) >= 11 is 0. The first-order valence-corrected chi connectivity index (χ1v) is 12.5. The van der Waals surface area contributed by atoms with Crippen LogP contribution in [0.4, 0.5) is 17.1 Å². The van der Waals surface area contributed by atoms with Gasteiger partial charge in [-0.2, -0.15) is 15.3 Å². The fourth-order valence-electron chi connectivity index (χ4n) is 4.33. The van der Waals surface area contributed by atoms with E-state index in [1.165, 1.54) is 0 Å². The van der Waals surface area contributed by atoms with E-state index in [-0.39, 0.29) is 17.6 Å². The fraction of sp³-hybridized carbons (Fsp3) is 0.167. The third-order valence-corrected chi connectivity index (χ3v) is 6.34. The monoisotopic (exact) mass is 521 g/mol. The second kappa shape index (κ2) is 11.6. The van der Waals surface area contributed by atoms with Crippen LogP contribution in [0.3, 0.4) is 0 Å². The summed E-state index contributed by atoms with van der Waals surface area (Å²) in [6, 6.07) is 23.3. The minimum atomic E-state index is -0.359. The Morgan fingerprint density at radius 3 is 2.23 bits per heavy atom. The SMILES string of the molecule is COc1ccc(C(=O)NN=C2CCCc3oc(C(=O)Nc4ccc(N=Nc5ccccc5)cc4)c(C)c32)cc1. The topological polar surface area (TPSA) is 118 Å². The zero-order valence-electron chi connectivity index (χ0n) is 21.6. The van der Waals surface area contributed by atoms with Gasteiger partial charge in [0.05, 0.1) is 24.2 Å². The van der Waals surface area contributed by atoms with E-state index in [1.807, 2.05) is 37.3 Å². The highest BCUT2D eigenvalue weighted by Crippen LogP contribution is 2.30. The zero-order valence-corrected chi connectivity index (χ0v) is 21.6. The number of ether oxygens (including phenoxy) is 1. The molecule has 2 N–H and O–H groups in total. The molecular formula is C30H27N5O4. The first-order valence-electron chi connectivity index (χ1n) is 12.5. The normalized spacial score (nSPS) is 13.7. The van der Waals surface area contributed by atoms with Crippen LogP contribution in [0.1, 0.15) is 50.6 Å². The molecule has 0 bridgehead atoms. The molecule has 0 atom stereocenters. The van der Waals surface area contributed by atoms with Crippen LogP contribution in [0.25, 0.3) is 0 Å². The molecule has 0 unspecified atom stereocenters. The molecule has 1 aliphatic carbocycles. The van der Waals surface area contributed by atoms with Crippen molar-refractivity contribution in [2.24, 2.45) is 15.3 Å². The Hall–Kier alpha value is -5.05. The molecule has 0 radical (unpaired) electrons. The Labute approximate surface area is 225 Å². The molecule has 0 aliphatic heterocycles. The van der Waals surface area contributed by atoms with Crippen molar-refractivity contribution in [3.63, 3.8) is 0 Å². The molecule has 0 spiro atoms. The molecule has 1 aliphatic rings. The number of aryl methyl sites for hydroxylation is 1. The number of rotatable bonds is 7. The molecule has 3 aromatic carbocycles. The molecule has 0 saturated heterocycles. The van der Waals surface area contributed by atoms with Gasteiger partial charge in [-0.15, -0.1) is 0 Å². The van der Waals surface area contributed by atoms with Gasteiger partial charge in [0.1, 0.15) is 11.5 Å². The summed E-state index contributed by atoms with van der Waals surface area (Å²) in [7, 11) is 1.57. The molecule has 2 amide bonds. The van der Waals surface area contributed by atoms with Gasteiger partial charge in [0, 0.05) is 28.8 Å². The predicted molar refractivity (Wildman–Crippen MR) is 148 cm³/mol. The van der Waals surface area contributed by atoms with Crippen LogP contribution in [-0.2, 0) is 6.42 Å². The van der Waals surface area contributed by atoms with Gasteiger partial charge >= 0.3 is 0 Å². The maximum Gasteiger partial charge on any atom is 0.291 e. The third-order valence-electron chi connectivity index (χ3n) is 6.34. The van der Waals surface area contributed by atoms with Crippen molar-refractivity contribution in [1.82, 2.24) is 5.43 Å². The van der Waals surface area contributed by atoms with E-state index in [9.17, 15) is 9.59 Å². The van der Waals surface area contributed by atoms with Crippen molar-refractivity contribution in [3.8, 4) is 5.75 Å². The fourth-order valence-corrected chi connectivity index (χ4v) is 4.33. The zero-order chi connectivity index (χ0) is 27.2. The van der Waals surface area contributed by atoms with Crippen LogP contribution in [0, 0.1) is 6.92 Å². The number of carbonyl (C=O) groups excluding carboxylic acids is 2. The lowest BCUT2D eigenvalue weighted by atomic mass is 9.93. The Kier molecular flexibility index (Phi) is 7.58. The van der Waals surface area contributed by atoms with Gasteiger partial charge in [0.2, 0.25) is 0 Å². The Balaban J connectivity index is 1.27. The first kappa shape index (κ1) is 25.6. The van der Waals surface area contributed by atoms with E-state index in [0.717, 1.165) is 17.7 Å². The van der Waals surface area contributed by atoms with Crippen LogP contribution in [-0.4, -0.2) is 24.6 Å². The molecule has 1 aromatic heterocycles. The average Bonchev–Trinajstić information content (AvgIpc) is 3.33. The quantitative estimate of drug-likeness (QED) is 0.207. The number of benzene rings is 3. The summed E-state index contributed by atoms with van der Waals surface area (Å²) in [5.74, 6) is 0.895. The predicted octanol–water partition coefficient (Wildman–Crippen LogP) is 6.73. The van der Waals surface area contributed by atoms with Gasteiger partial charge in [-0.3, -0.25) is 9.59 Å². The highest BCUT2D eigenvalue weighted by molar-refractivity contribution is 6.09. The summed E-state index contributed by atoms with van der Waals surface area (Å²) in [5.41, 5.74) is 7.27. The maximum atomic E-state index is 13.1. The van der Waals surface area contributed by atoms with Crippen molar-refractivity contribution >= 4 is 34.6 Å². The van der Waals surface area contributed by atoms with E-state index >= 15 is 0 Å². The number of methoxy groups -OCH3 is 1. The smallest absolute Gasteiger partial charge is 0.291 e. The molecule has 0 fully saturated rings. The third kappa shape index (κ3) is 5.93. The van der Waals surface area contributed by atoms with E-state index in [4.69, 9.17) is 9.15 Å². The van der Waals surface area contributed by atoms with E-state index in [2.05, 4.69) is 26.1 Å².